The van der Waals surface area contributed by atoms with Crippen LogP contribution in [-0.4, -0.2) is 29.6 Å². The molecular formula is C13H17BrN2O. The third kappa shape index (κ3) is 4.86. The van der Waals surface area contributed by atoms with E-state index in [1.807, 2.05) is 31.2 Å². The molecule has 0 saturated heterocycles. The molecule has 0 bridgehead atoms. The molecule has 0 aliphatic heterocycles. The van der Waals surface area contributed by atoms with Crippen LogP contribution in [0, 0.1) is 11.3 Å². The minimum Gasteiger partial charge on any atom is -0.387 e. The van der Waals surface area contributed by atoms with Crippen LogP contribution < -0.4 is 0 Å². The Bertz CT molecular complexity index is 372. The van der Waals surface area contributed by atoms with Gasteiger partial charge in [0, 0.05) is 24.0 Å². The van der Waals surface area contributed by atoms with Gasteiger partial charge in [0.2, 0.25) is 0 Å². The van der Waals surface area contributed by atoms with E-state index in [0.717, 1.165) is 16.6 Å². The van der Waals surface area contributed by atoms with Gasteiger partial charge in [0.25, 0.3) is 0 Å². The highest BCUT2D eigenvalue weighted by atomic mass is 79.9. The zero-order valence-corrected chi connectivity index (χ0v) is 11.5. The molecule has 92 valence electrons. The van der Waals surface area contributed by atoms with Crippen LogP contribution in [0.4, 0.5) is 0 Å². The fourth-order valence-corrected chi connectivity index (χ4v) is 1.89. The Morgan fingerprint density at radius 2 is 2.06 bits per heavy atom. The van der Waals surface area contributed by atoms with Crippen molar-refractivity contribution in [2.45, 2.75) is 19.4 Å². The molecule has 17 heavy (non-hydrogen) atoms. The molecule has 1 N–H and O–H groups in total. The van der Waals surface area contributed by atoms with Crippen molar-refractivity contribution in [3.8, 4) is 6.07 Å². The first-order chi connectivity index (χ1) is 8.17. The SMILES string of the molecule is CCN(CCC#N)CC(O)c1ccc(Br)cc1. The average Bonchev–Trinajstić information content (AvgIpc) is 2.35. The van der Waals surface area contributed by atoms with Crippen LogP contribution >= 0.6 is 15.9 Å². The number of halogens is 1. The van der Waals surface area contributed by atoms with E-state index in [0.29, 0.717) is 19.5 Å². The molecule has 0 aliphatic carbocycles. The number of rotatable bonds is 6. The molecule has 0 aromatic heterocycles. The lowest BCUT2D eigenvalue weighted by atomic mass is 10.1. The highest BCUT2D eigenvalue weighted by Crippen LogP contribution is 2.17. The lowest BCUT2D eigenvalue weighted by molar-refractivity contribution is 0.117. The zero-order chi connectivity index (χ0) is 12.7. The number of aliphatic hydroxyl groups is 1. The maximum absolute atomic E-state index is 10.1. The van der Waals surface area contributed by atoms with Gasteiger partial charge in [-0.3, -0.25) is 4.90 Å². The first-order valence-corrected chi connectivity index (χ1v) is 6.49. The van der Waals surface area contributed by atoms with E-state index in [2.05, 4.69) is 26.9 Å². The molecular weight excluding hydrogens is 280 g/mol. The number of benzene rings is 1. The summed E-state index contributed by atoms with van der Waals surface area (Å²) < 4.78 is 1.00. The van der Waals surface area contributed by atoms with Crippen molar-refractivity contribution in [3.05, 3.63) is 34.3 Å². The maximum Gasteiger partial charge on any atom is 0.0916 e. The normalized spacial score (nSPS) is 12.4. The molecule has 1 aromatic rings. The van der Waals surface area contributed by atoms with E-state index in [1.165, 1.54) is 0 Å². The summed E-state index contributed by atoms with van der Waals surface area (Å²) in [5.41, 5.74) is 0.906. The molecule has 0 fully saturated rings. The first kappa shape index (κ1) is 14.2. The second-order valence-corrected chi connectivity index (χ2v) is 4.78. The Hall–Kier alpha value is -0.890. The van der Waals surface area contributed by atoms with Crippen LogP contribution in [-0.2, 0) is 0 Å². The lowest BCUT2D eigenvalue weighted by Crippen LogP contribution is -2.29. The summed E-state index contributed by atoms with van der Waals surface area (Å²) in [6, 6.07) is 9.78. The van der Waals surface area contributed by atoms with Gasteiger partial charge in [-0.1, -0.05) is 35.0 Å². The van der Waals surface area contributed by atoms with E-state index in [1.54, 1.807) is 0 Å². The Morgan fingerprint density at radius 1 is 1.41 bits per heavy atom. The second-order valence-electron chi connectivity index (χ2n) is 3.87. The molecule has 0 amide bonds. The standard InChI is InChI=1S/C13H17BrN2O/c1-2-16(9-3-8-15)10-13(17)11-4-6-12(14)7-5-11/h4-7,13,17H,2-3,9-10H2,1H3. The number of hydrogen-bond acceptors (Lipinski definition) is 3. The number of hydrogen-bond donors (Lipinski definition) is 1. The molecule has 3 nitrogen and oxygen atoms in total. The van der Waals surface area contributed by atoms with Gasteiger partial charge in [0.05, 0.1) is 12.2 Å². The fraction of sp³-hybridized carbons (Fsp3) is 0.462. The molecule has 0 aliphatic rings. The van der Waals surface area contributed by atoms with Crippen LogP contribution in [0.25, 0.3) is 0 Å². The van der Waals surface area contributed by atoms with Crippen LogP contribution in [0.15, 0.2) is 28.7 Å². The summed E-state index contributed by atoms with van der Waals surface area (Å²) in [5.74, 6) is 0. The third-order valence-corrected chi connectivity index (χ3v) is 3.20. The Labute approximate surface area is 111 Å². The topological polar surface area (TPSA) is 47.3 Å². The van der Waals surface area contributed by atoms with E-state index < -0.39 is 6.10 Å². The molecule has 0 heterocycles. The quantitative estimate of drug-likeness (QED) is 0.878. The molecule has 1 rings (SSSR count). The summed E-state index contributed by atoms with van der Waals surface area (Å²) in [4.78, 5) is 2.08. The zero-order valence-electron chi connectivity index (χ0n) is 9.93. The van der Waals surface area contributed by atoms with Crippen LogP contribution in [0.3, 0.4) is 0 Å². The average molecular weight is 297 g/mol. The van der Waals surface area contributed by atoms with Crippen molar-refractivity contribution in [1.29, 1.82) is 5.26 Å². The van der Waals surface area contributed by atoms with E-state index in [4.69, 9.17) is 5.26 Å². The van der Waals surface area contributed by atoms with Gasteiger partial charge < -0.3 is 5.11 Å². The van der Waals surface area contributed by atoms with Gasteiger partial charge in [-0.05, 0) is 24.2 Å². The summed E-state index contributed by atoms with van der Waals surface area (Å²) in [6.45, 7) is 4.15. The monoisotopic (exact) mass is 296 g/mol. The number of nitrogens with zero attached hydrogens (tertiary/aromatic N) is 2. The Balaban J connectivity index is 2.55. The van der Waals surface area contributed by atoms with Gasteiger partial charge in [-0.2, -0.15) is 5.26 Å². The molecule has 4 heteroatoms. The van der Waals surface area contributed by atoms with Crippen molar-refractivity contribution >= 4 is 15.9 Å². The van der Waals surface area contributed by atoms with Gasteiger partial charge in [0.1, 0.15) is 0 Å². The highest BCUT2D eigenvalue weighted by Gasteiger charge is 2.11. The third-order valence-electron chi connectivity index (χ3n) is 2.67. The van der Waals surface area contributed by atoms with Crippen LogP contribution in [0.2, 0.25) is 0 Å². The van der Waals surface area contributed by atoms with Crippen molar-refractivity contribution in [2.24, 2.45) is 0 Å². The molecule has 1 atom stereocenters. The van der Waals surface area contributed by atoms with E-state index in [9.17, 15) is 5.11 Å². The molecule has 1 unspecified atom stereocenters. The summed E-state index contributed by atoms with van der Waals surface area (Å²) >= 11 is 3.37. The Morgan fingerprint density at radius 3 is 2.59 bits per heavy atom. The summed E-state index contributed by atoms with van der Waals surface area (Å²) in [6.07, 6.45) is 0.00250. The van der Waals surface area contributed by atoms with Crippen LogP contribution in [0.5, 0.6) is 0 Å². The van der Waals surface area contributed by atoms with Gasteiger partial charge in [-0.15, -0.1) is 0 Å². The predicted molar refractivity (Wildman–Crippen MR) is 71.4 cm³/mol. The molecule has 0 spiro atoms. The Kier molecular flexibility index (Phi) is 6.20. The number of aliphatic hydroxyl groups excluding tert-OH is 1. The molecule has 0 radical (unpaired) electrons. The predicted octanol–water partition coefficient (Wildman–Crippen LogP) is 2.72. The number of likely N-dealkylation sites (N-methyl/N-ethyl adjacent to an activating group) is 1. The highest BCUT2D eigenvalue weighted by molar-refractivity contribution is 9.10. The number of nitriles is 1. The fourth-order valence-electron chi connectivity index (χ4n) is 1.62. The summed E-state index contributed by atoms with van der Waals surface area (Å²) in [7, 11) is 0. The largest absolute Gasteiger partial charge is 0.387 e. The second kappa shape index (κ2) is 7.44. The van der Waals surface area contributed by atoms with E-state index in [-0.39, 0.29) is 0 Å². The van der Waals surface area contributed by atoms with E-state index >= 15 is 0 Å². The van der Waals surface area contributed by atoms with Gasteiger partial charge >= 0.3 is 0 Å². The molecule has 0 saturated carbocycles. The first-order valence-electron chi connectivity index (χ1n) is 5.70. The van der Waals surface area contributed by atoms with Crippen molar-refractivity contribution in [2.75, 3.05) is 19.6 Å². The maximum atomic E-state index is 10.1. The molecule has 1 aromatic carbocycles. The van der Waals surface area contributed by atoms with Crippen molar-refractivity contribution in [1.82, 2.24) is 4.90 Å². The minimum atomic E-state index is -0.498. The van der Waals surface area contributed by atoms with Gasteiger partial charge in [-0.25, -0.2) is 0 Å². The van der Waals surface area contributed by atoms with Gasteiger partial charge in [0.15, 0.2) is 0 Å². The minimum absolute atomic E-state index is 0.498. The lowest BCUT2D eigenvalue weighted by Gasteiger charge is -2.22. The summed E-state index contributed by atoms with van der Waals surface area (Å²) in [5, 5.41) is 18.6. The van der Waals surface area contributed by atoms with Crippen molar-refractivity contribution in [3.63, 3.8) is 0 Å². The van der Waals surface area contributed by atoms with Crippen LogP contribution in [0.1, 0.15) is 25.0 Å². The smallest absolute Gasteiger partial charge is 0.0916 e. The van der Waals surface area contributed by atoms with Crippen molar-refractivity contribution < 1.29 is 5.11 Å².